The van der Waals surface area contributed by atoms with Crippen LogP contribution in [0.3, 0.4) is 0 Å². The van der Waals surface area contributed by atoms with Crippen LogP contribution in [0, 0.1) is 0 Å². The van der Waals surface area contributed by atoms with Crippen molar-refractivity contribution in [3.63, 3.8) is 0 Å². The minimum atomic E-state index is 0.329. The number of carbonyl (C=O) groups is 1. The van der Waals surface area contributed by atoms with Crippen LogP contribution in [0.2, 0.25) is 0 Å². The summed E-state index contributed by atoms with van der Waals surface area (Å²) in [5, 5.41) is 0. The van der Waals surface area contributed by atoms with Gasteiger partial charge in [0.05, 0.1) is 0 Å². The zero-order chi connectivity index (χ0) is 4.41. The van der Waals surface area contributed by atoms with Crippen LogP contribution >= 0.6 is 16.2 Å². The van der Waals surface area contributed by atoms with Gasteiger partial charge in [0.2, 0.25) is 0 Å². The Kier molecular flexibility index (Phi) is 1.34. The topological polar surface area (TPSA) is 17.1 Å². The molecule has 0 aromatic carbocycles. The molecule has 0 aromatic heterocycles. The molecule has 1 aliphatic rings. The van der Waals surface area contributed by atoms with E-state index >= 15 is 0 Å². The number of hydrogen-bond donors (Lipinski definition) is 0. The van der Waals surface area contributed by atoms with Gasteiger partial charge in [-0.25, -0.2) is 0 Å². The molecule has 0 aliphatic carbocycles. The van der Waals surface area contributed by atoms with E-state index < -0.39 is 0 Å². The first-order chi connectivity index (χ1) is 2.89. The highest BCUT2D eigenvalue weighted by Crippen LogP contribution is 2.31. The molecule has 6 heavy (non-hydrogen) atoms. The number of ketones is 1. The highest BCUT2D eigenvalue weighted by Gasteiger charge is 1.99. The van der Waals surface area contributed by atoms with E-state index in [4.69, 9.17) is 0 Å². The molecule has 1 nitrogen and oxygen atoms in total. The third-order valence-electron chi connectivity index (χ3n) is 0.553. The van der Waals surface area contributed by atoms with Crippen molar-refractivity contribution in [3.8, 4) is 0 Å². The first-order valence-corrected chi connectivity index (χ1v) is 4.69. The molecule has 0 saturated carbocycles. The zero-order valence-corrected chi connectivity index (χ0v) is 5.03. The molecule has 1 unspecified atom stereocenters. The van der Waals surface area contributed by atoms with Crippen LogP contribution < -0.4 is 0 Å². The van der Waals surface area contributed by atoms with Gasteiger partial charge in [0.1, 0.15) is 0 Å². The lowest BCUT2D eigenvalue weighted by Crippen LogP contribution is -1.92. The van der Waals surface area contributed by atoms with E-state index in [0.717, 1.165) is 14.4 Å². The molecular weight excluding hydrogens is 114 g/mol. The van der Waals surface area contributed by atoms with Crippen LogP contribution in [0.25, 0.3) is 0 Å². The van der Waals surface area contributed by atoms with Gasteiger partial charge in [-0.15, -0.1) is 0 Å². The SMILES string of the molecule is O=C1C=PPC1. The minimum absolute atomic E-state index is 0.329. The molecule has 0 aromatic rings. The predicted molar refractivity (Wildman–Crippen MR) is 31.2 cm³/mol. The lowest BCUT2D eigenvalue weighted by Gasteiger charge is -1.70. The van der Waals surface area contributed by atoms with Crippen molar-refractivity contribution in [2.45, 2.75) is 0 Å². The molecule has 1 aliphatic heterocycles. The van der Waals surface area contributed by atoms with Gasteiger partial charge in [-0.2, -0.15) is 0 Å². The van der Waals surface area contributed by atoms with Crippen LogP contribution in [-0.2, 0) is 4.79 Å². The lowest BCUT2D eigenvalue weighted by molar-refractivity contribution is -0.110. The summed E-state index contributed by atoms with van der Waals surface area (Å²) < 4.78 is 0. The minimum Gasteiger partial charge on any atom is -0.294 e. The van der Waals surface area contributed by atoms with Gasteiger partial charge in [0, 0.05) is 12.0 Å². The second kappa shape index (κ2) is 1.82. The molecule has 0 amide bonds. The van der Waals surface area contributed by atoms with Crippen LogP contribution in [0.15, 0.2) is 0 Å². The van der Waals surface area contributed by atoms with Crippen LogP contribution in [0.1, 0.15) is 0 Å². The average molecular weight is 118 g/mol. The van der Waals surface area contributed by atoms with Crippen molar-refractivity contribution < 1.29 is 4.79 Å². The van der Waals surface area contributed by atoms with Crippen molar-refractivity contribution >= 4 is 27.7 Å². The van der Waals surface area contributed by atoms with Gasteiger partial charge in [0.25, 0.3) is 0 Å². The summed E-state index contributed by atoms with van der Waals surface area (Å²) in [4.78, 5) is 10.2. The molecule has 0 bridgehead atoms. The van der Waals surface area contributed by atoms with E-state index in [1.54, 1.807) is 5.80 Å². The Bertz CT molecular complexity index is 97.0. The summed E-state index contributed by atoms with van der Waals surface area (Å²) in [6.45, 7) is 0. The Hall–Kier alpha value is 0.270. The monoisotopic (exact) mass is 118 g/mol. The number of hydrogen-bond acceptors (Lipinski definition) is 1. The van der Waals surface area contributed by atoms with E-state index in [9.17, 15) is 4.79 Å². The standard InChI is InChI=1S/C3H4OP2/c4-3-1-5-6-2-3/h1,6H,2H2. The van der Waals surface area contributed by atoms with Crippen LogP contribution in [0.5, 0.6) is 0 Å². The second-order valence-corrected chi connectivity index (χ2v) is 3.97. The lowest BCUT2D eigenvalue weighted by atomic mass is 10.5. The number of Topliss-reactive ketones (excluding diaryl/α,β-unsaturated/α-hetero) is 1. The zero-order valence-electron chi connectivity index (χ0n) is 3.14. The smallest absolute Gasteiger partial charge is 0.164 e. The Balaban J connectivity index is 2.59. The molecule has 3 heteroatoms. The molecule has 0 spiro atoms. The normalized spacial score (nSPS) is 26.3. The summed E-state index contributed by atoms with van der Waals surface area (Å²) in [6.07, 6.45) is 0.807. The Morgan fingerprint density at radius 2 is 2.83 bits per heavy atom. The van der Waals surface area contributed by atoms with Gasteiger partial charge in [-0.1, -0.05) is 16.2 Å². The van der Waals surface area contributed by atoms with Crippen molar-refractivity contribution in [1.29, 1.82) is 0 Å². The highest BCUT2D eigenvalue weighted by molar-refractivity contribution is 8.13. The fourth-order valence-corrected chi connectivity index (χ4v) is 2.58. The molecule has 1 atom stereocenters. The maximum atomic E-state index is 10.2. The molecular formula is C3H4OP2. The highest BCUT2D eigenvalue weighted by atomic mass is 32.0. The van der Waals surface area contributed by atoms with Crippen molar-refractivity contribution in [1.82, 2.24) is 0 Å². The number of carbonyl (C=O) groups excluding carboxylic acids is 1. The van der Waals surface area contributed by atoms with Crippen molar-refractivity contribution in [2.75, 3.05) is 6.16 Å². The van der Waals surface area contributed by atoms with Gasteiger partial charge in [-0.05, 0) is 0 Å². The van der Waals surface area contributed by atoms with Crippen LogP contribution in [-0.4, -0.2) is 17.7 Å². The third kappa shape index (κ3) is 0.864. The second-order valence-electron chi connectivity index (χ2n) is 1.06. The molecule has 0 fully saturated rings. The van der Waals surface area contributed by atoms with E-state index in [1.807, 2.05) is 0 Å². The summed E-state index contributed by atoms with van der Waals surface area (Å²) in [7, 11) is 2.09. The predicted octanol–water partition coefficient (Wildman–Crippen LogP) is 0.911. The molecule has 1 rings (SSSR count). The molecule has 0 N–H and O–H groups in total. The van der Waals surface area contributed by atoms with Gasteiger partial charge < -0.3 is 0 Å². The van der Waals surface area contributed by atoms with E-state index in [2.05, 4.69) is 0 Å². The third-order valence-corrected chi connectivity index (χ3v) is 3.07. The average Bonchev–Trinajstić information content (AvgIpc) is 1.86. The summed E-state index contributed by atoms with van der Waals surface area (Å²) >= 11 is 0. The molecule has 0 saturated heterocycles. The molecule has 32 valence electrons. The van der Waals surface area contributed by atoms with Gasteiger partial charge in [-0.3, -0.25) is 4.79 Å². The van der Waals surface area contributed by atoms with E-state index in [1.165, 1.54) is 7.89 Å². The molecule has 0 radical (unpaired) electrons. The Labute approximate surface area is 39.6 Å². The summed E-state index contributed by atoms with van der Waals surface area (Å²) in [5.74, 6) is 2.08. The fourth-order valence-electron chi connectivity index (χ4n) is 0.287. The quantitative estimate of drug-likeness (QED) is 0.432. The van der Waals surface area contributed by atoms with Crippen LogP contribution in [0.4, 0.5) is 0 Å². The van der Waals surface area contributed by atoms with E-state index in [0.29, 0.717) is 5.78 Å². The van der Waals surface area contributed by atoms with Gasteiger partial charge in [0.15, 0.2) is 5.78 Å². The largest absolute Gasteiger partial charge is 0.294 e. The first kappa shape index (κ1) is 4.43. The Morgan fingerprint density at radius 3 is 3.00 bits per heavy atom. The van der Waals surface area contributed by atoms with Gasteiger partial charge >= 0.3 is 0 Å². The first-order valence-electron chi connectivity index (χ1n) is 1.68. The maximum Gasteiger partial charge on any atom is 0.164 e. The Morgan fingerprint density at radius 1 is 2.00 bits per heavy atom. The van der Waals surface area contributed by atoms with Crippen molar-refractivity contribution in [2.24, 2.45) is 0 Å². The summed E-state index contributed by atoms with van der Waals surface area (Å²) in [6, 6.07) is 0. The molecule has 1 heterocycles. The number of rotatable bonds is 0. The fraction of sp³-hybridized carbons (Fsp3) is 0.333. The van der Waals surface area contributed by atoms with E-state index in [-0.39, 0.29) is 0 Å². The van der Waals surface area contributed by atoms with Crippen molar-refractivity contribution in [3.05, 3.63) is 0 Å². The summed E-state index contributed by atoms with van der Waals surface area (Å²) in [5.41, 5.74) is 0. The maximum absolute atomic E-state index is 10.2.